The summed E-state index contributed by atoms with van der Waals surface area (Å²) in [5.41, 5.74) is 1.09. The lowest BCUT2D eigenvalue weighted by Gasteiger charge is -2.11. The van der Waals surface area contributed by atoms with Crippen molar-refractivity contribution in [2.45, 2.75) is 0 Å². The van der Waals surface area contributed by atoms with E-state index in [1.54, 1.807) is 42.5 Å². The zero-order chi connectivity index (χ0) is 19.8. The number of rotatable bonds is 8. The van der Waals surface area contributed by atoms with Crippen molar-refractivity contribution >= 4 is 17.9 Å². The van der Waals surface area contributed by atoms with Crippen LogP contribution in [0.25, 0.3) is 0 Å². The standard InChI is InChI=1S/C22H19NO5/c1-26-21-13-16(14-24)7-12-20(21)27-15-22(25)23-17-8-10-19(11-9-17)28-18-5-3-2-4-6-18/h2-14H,15H2,1H3,(H,23,25). The Morgan fingerprint density at radius 2 is 1.64 bits per heavy atom. The largest absolute Gasteiger partial charge is 0.493 e. The first-order chi connectivity index (χ1) is 13.7. The third kappa shape index (κ3) is 5.11. The van der Waals surface area contributed by atoms with Crippen molar-refractivity contribution in [2.75, 3.05) is 19.0 Å². The zero-order valence-corrected chi connectivity index (χ0v) is 15.3. The maximum Gasteiger partial charge on any atom is 0.262 e. The molecule has 0 aromatic heterocycles. The van der Waals surface area contributed by atoms with Gasteiger partial charge in [0.25, 0.3) is 5.91 Å². The van der Waals surface area contributed by atoms with Crippen LogP contribution in [0.1, 0.15) is 10.4 Å². The maximum absolute atomic E-state index is 12.1. The smallest absolute Gasteiger partial charge is 0.262 e. The minimum atomic E-state index is -0.321. The second kappa shape index (κ2) is 9.23. The summed E-state index contributed by atoms with van der Waals surface area (Å²) < 4.78 is 16.4. The molecule has 0 bridgehead atoms. The number of carbonyl (C=O) groups is 2. The number of amides is 1. The summed E-state index contributed by atoms with van der Waals surface area (Å²) in [7, 11) is 1.47. The van der Waals surface area contributed by atoms with Crippen molar-refractivity contribution in [2.24, 2.45) is 0 Å². The quantitative estimate of drug-likeness (QED) is 0.592. The number of hydrogen-bond acceptors (Lipinski definition) is 5. The van der Waals surface area contributed by atoms with Crippen molar-refractivity contribution in [1.82, 2.24) is 0 Å². The normalized spacial score (nSPS) is 10.0. The van der Waals surface area contributed by atoms with Crippen molar-refractivity contribution in [3.63, 3.8) is 0 Å². The van der Waals surface area contributed by atoms with Crippen molar-refractivity contribution in [3.8, 4) is 23.0 Å². The molecule has 0 radical (unpaired) electrons. The lowest BCUT2D eigenvalue weighted by molar-refractivity contribution is -0.118. The molecule has 3 aromatic rings. The van der Waals surface area contributed by atoms with E-state index >= 15 is 0 Å². The van der Waals surface area contributed by atoms with Gasteiger partial charge in [-0.05, 0) is 54.6 Å². The Balaban J connectivity index is 1.54. The molecule has 6 nitrogen and oxygen atoms in total. The molecule has 0 heterocycles. The molecule has 0 fully saturated rings. The molecular formula is C22H19NO5. The van der Waals surface area contributed by atoms with Gasteiger partial charge in [0.05, 0.1) is 7.11 Å². The number of carbonyl (C=O) groups excluding carboxylic acids is 2. The Bertz CT molecular complexity index is 939. The summed E-state index contributed by atoms with van der Waals surface area (Å²) in [6, 6.07) is 21.2. The van der Waals surface area contributed by atoms with Crippen LogP contribution in [-0.4, -0.2) is 25.9 Å². The SMILES string of the molecule is COc1cc(C=O)ccc1OCC(=O)Nc1ccc(Oc2ccccc2)cc1. The van der Waals surface area contributed by atoms with Crippen LogP contribution in [0.5, 0.6) is 23.0 Å². The van der Waals surface area contributed by atoms with Gasteiger partial charge >= 0.3 is 0 Å². The lowest BCUT2D eigenvalue weighted by atomic mass is 10.2. The van der Waals surface area contributed by atoms with Gasteiger partial charge in [0.1, 0.15) is 17.8 Å². The van der Waals surface area contributed by atoms with Crippen LogP contribution < -0.4 is 19.5 Å². The molecule has 0 saturated carbocycles. The predicted molar refractivity (Wildman–Crippen MR) is 105 cm³/mol. The molecule has 142 valence electrons. The van der Waals surface area contributed by atoms with E-state index < -0.39 is 0 Å². The number of nitrogens with one attached hydrogen (secondary N) is 1. The molecule has 0 atom stereocenters. The highest BCUT2D eigenvalue weighted by Crippen LogP contribution is 2.27. The van der Waals surface area contributed by atoms with E-state index in [2.05, 4.69) is 5.32 Å². The molecule has 0 aliphatic heterocycles. The van der Waals surface area contributed by atoms with Crippen LogP contribution in [0.15, 0.2) is 72.8 Å². The first-order valence-corrected chi connectivity index (χ1v) is 8.57. The first-order valence-electron chi connectivity index (χ1n) is 8.57. The maximum atomic E-state index is 12.1. The van der Waals surface area contributed by atoms with E-state index in [4.69, 9.17) is 14.2 Å². The van der Waals surface area contributed by atoms with E-state index in [0.29, 0.717) is 34.8 Å². The number of benzene rings is 3. The van der Waals surface area contributed by atoms with Crippen molar-refractivity contribution in [3.05, 3.63) is 78.4 Å². The van der Waals surface area contributed by atoms with Gasteiger partial charge in [-0.25, -0.2) is 0 Å². The Morgan fingerprint density at radius 1 is 0.929 bits per heavy atom. The minimum absolute atomic E-state index is 0.195. The zero-order valence-electron chi connectivity index (χ0n) is 15.3. The fourth-order valence-electron chi connectivity index (χ4n) is 2.45. The number of ether oxygens (including phenoxy) is 3. The monoisotopic (exact) mass is 377 g/mol. The summed E-state index contributed by atoms with van der Waals surface area (Å²) in [5.74, 6) is 1.86. The third-order valence-corrected chi connectivity index (χ3v) is 3.80. The summed E-state index contributed by atoms with van der Waals surface area (Å²) in [4.78, 5) is 22.9. The van der Waals surface area contributed by atoms with Crippen LogP contribution in [-0.2, 0) is 4.79 Å². The van der Waals surface area contributed by atoms with E-state index in [9.17, 15) is 9.59 Å². The van der Waals surface area contributed by atoms with E-state index in [-0.39, 0.29) is 12.5 Å². The van der Waals surface area contributed by atoms with Crippen molar-refractivity contribution in [1.29, 1.82) is 0 Å². The number of hydrogen-bond donors (Lipinski definition) is 1. The number of aldehydes is 1. The van der Waals surface area contributed by atoms with Gasteiger partial charge < -0.3 is 19.5 Å². The van der Waals surface area contributed by atoms with E-state index in [0.717, 1.165) is 5.75 Å². The van der Waals surface area contributed by atoms with E-state index in [1.165, 1.54) is 7.11 Å². The van der Waals surface area contributed by atoms with Gasteiger partial charge in [-0.15, -0.1) is 0 Å². The van der Waals surface area contributed by atoms with Crippen molar-refractivity contribution < 1.29 is 23.8 Å². The molecule has 0 aliphatic carbocycles. The second-order valence-electron chi connectivity index (χ2n) is 5.80. The summed E-state index contributed by atoms with van der Waals surface area (Å²) in [5, 5.41) is 2.75. The van der Waals surface area contributed by atoms with Crippen LogP contribution in [0, 0.1) is 0 Å². The van der Waals surface area contributed by atoms with Crippen LogP contribution >= 0.6 is 0 Å². The number of anilines is 1. The average molecular weight is 377 g/mol. The number of para-hydroxylation sites is 1. The molecule has 1 N–H and O–H groups in total. The van der Waals surface area contributed by atoms with Gasteiger partial charge in [-0.2, -0.15) is 0 Å². The highest BCUT2D eigenvalue weighted by atomic mass is 16.5. The van der Waals surface area contributed by atoms with Crippen LogP contribution in [0.4, 0.5) is 5.69 Å². The van der Waals surface area contributed by atoms with Gasteiger partial charge in [-0.3, -0.25) is 9.59 Å². The molecule has 0 spiro atoms. The molecule has 0 unspecified atom stereocenters. The lowest BCUT2D eigenvalue weighted by Crippen LogP contribution is -2.20. The summed E-state index contributed by atoms with van der Waals surface area (Å²) >= 11 is 0. The van der Waals surface area contributed by atoms with Crippen LogP contribution in [0.2, 0.25) is 0 Å². The Hall–Kier alpha value is -3.80. The highest BCUT2D eigenvalue weighted by molar-refractivity contribution is 5.92. The molecule has 0 aliphatic rings. The van der Waals surface area contributed by atoms with Gasteiger partial charge in [0, 0.05) is 11.3 Å². The van der Waals surface area contributed by atoms with Crippen LogP contribution in [0.3, 0.4) is 0 Å². The minimum Gasteiger partial charge on any atom is -0.493 e. The molecule has 6 heteroatoms. The Kier molecular flexibility index (Phi) is 6.25. The van der Waals surface area contributed by atoms with Gasteiger partial charge in [-0.1, -0.05) is 18.2 Å². The predicted octanol–water partition coefficient (Wildman–Crippen LogP) is 4.32. The topological polar surface area (TPSA) is 73.9 Å². The Morgan fingerprint density at radius 3 is 2.32 bits per heavy atom. The average Bonchev–Trinajstić information content (AvgIpc) is 2.74. The molecule has 3 aromatic carbocycles. The molecule has 3 rings (SSSR count). The molecule has 1 amide bonds. The van der Waals surface area contributed by atoms with Gasteiger partial charge in [0.15, 0.2) is 18.1 Å². The van der Waals surface area contributed by atoms with Gasteiger partial charge in [0.2, 0.25) is 0 Å². The summed E-state index contributed by atoms with van der Waals surface area (Å²) in [6.07, 6.45) is 0.712. The first kappa shape index (κ1) is 19.0. The number of methoxy groups -OCH3 is 1. The van der Waals surface area contributed by atoms with E-state index in [1.807, 2.05) is 30.3 Å². The highest BCUT2D eigenvalue weighted by Gasteiger charge is 2.09. The molecule has 0 saturated heterocycles. The second-order valence-corrected chi connectivity index (χ2v) is 5.80. The fraction of sp³-hybridized carbons (Fsp3) is 0.0909. The fourth-order valence-corrected chi connectivity index (χ4v) is 2.45. The Labute approximate surface area is 162 Å². The third-order valence-electron chi connectivity index (χ3n) is 3.80. The summed E-state index contributed by atoms with van der Waals surface area (Å²) in [6.45, 7) is -0.195. The molecule has 28 heavy (non-hydrogen) atoms. The molecular weight excluding hydrogens is 358 g/mol.